The molecule has 0 radical (unpaired) electrons. The molecular formula is C17H20F3NO4S. The van der Waals surface area contributed by atoms with E-state index in [4.69, 9.17) is 4.74 Å². The number of ether oxygens (including phenoxy) is 1. The van der Waals surface area contributed by atoms with Crippen LogP contribution >= 0.6 is 0 Å². The van der Waals surface area contributed by atoms with Gasteiger partial charge in [0.2, 0.25) is 10.0 Å². The molecule has 9 heteroatoms. The number of sulfonamides is 1. The maximum Gasteiger partial charge on any atom is 0.417 e. The number of benzene rings is 1. The first-order valence-corrected chi connectivity index (χ1v) is 9.89. The quantitative estimate of drug-likeness (QED) is 0.743. The number of carbonyl (C=O) groups is 1. The normalized spacial score (nSPS) is 27.2. The monoisotopic (exact) mass is 391 g/mol. The lowest BCUT2D eigenvalue weighted by Gasteiger charge is -2.32. The number of esters is 1. The van der Waals surface area contributed by atoms with Crippen molar-refractivity contribution in [2.24, 2.45) is 5.92 Å². The van der Waals surface area contributed by atoms with E-state index in [0.717, 1.165) is 48.9 Å². The fraction of sp³-hybridized carbons (Fsp3) is 0.588. The minimum atomic E-state index is -4.81. The minimum Gasteiger partial charge on any atom is -0.468 e. The molecule has 0 spiro atoms. The molecule has 1 saturated carbocycles. The first-order chi connectivity index (χ1) is 12.2. The van der Waals surface area contributed by atoms with Crippen LogP contribution in [0.1, 0.15) is 37.7 Å². The Labute approximate surface area is 150 Å². The lowest BCUT2D eigenvalue weighted by molar-refractivity contribution is -0.144. The van der Waals surface area contributed by atoms with E-state index in [-0.39, 0.29) is 12.3 Å². The summed E-state index contributed by atoms with van der Waals surface area (Å²) in [4.78, 5) is 11.4. The van der Waals surface area contributed by atoms with Crippen molar-refractivity contribution >= 4 is 16.0 Å². The predicted octanol–water partition coefficient (Wildman–Crippen LogP) is 3.20. The molecule has 0 N–H and O–H groups in total. The lowest BCUT2D eigenvalue weighted by atomic mass is 9.85. The molecular weight excluding hydrogens is 371 g/mol. The van der Waals surface area contributed by atoms with Crippen molar-refractivity contribution in [3.05, 3.63) is 29.8 Å². The van der Waals surface area contributed by atoms with Crippen LogP contribution in [-0.4, -0.2) is 37.9 Å². The Morgan fingerprint density at radius 3 is 2.50 bits per heavy atom. The number of hydrogen-bond donors (Lipinski definition) is 0. The van der Waals surface area contributed by atoms with E-state index in [2.05, 4.69) is 0 Å². The molecule has 0 bridgehead atoms. The Balaban J connectivity index is 2.11. The van der Waals surface area contributed by atoms with Crippen molar-refractivity contribution in [2.75, 3.05) is 7.11 Å². The minimum absolute atomic E-state index is 0.0410. The number of methoxy groups -OCH3 is 1. The number of alkyl halides is 3. The molecule has 1 saturated heterocycles. The van der Waals surface area contributed by atoms with Gasteiger partial charge in [-0.05, 0) is 37.3 Å². The van der Waals surface area contributed by atoms with Crippen molar-refractivity contribution in [1.29, 1.82) is 0 Å². The third kappa shape index (κ3) is 3.22. The van der Waals surface area contributed by atoms with E-state index in [0.29, 0.717) is 6.42 Å². The molecule has 1 aliphatic carbocycles. The molecule has 2 fully saturated rings. The van der Waals surface area contributed by atoms with Crippen LogP contribution in [0.3, 0.4) is 0 Å². The molecule has 1 heterocycles. The van der Waals surface area contributed by atoms with Crippen molar-refractivity contribution in [2.45, 2.75) is 55.3 Å². The van der Waals surface area contributed by atoms with Crippen LogP contribution in [0.5, 0.6) is 0 Å². The summed E-state index contributed by atoms with van der Waals surface area (Å²) in [7, 11) is -3.36. The summed E-state index contributed by atoms with van der Waals surface area (Å²) in [5, 5.41) is 0. The van der Waals surface area contributed by atoms with Crippen LogP contribution in [0, 0.1) is 5.92 Å². The lowest BCUT2D eigenvalue weighted by Crippen LogP contribution is -2.46. The average Bonchev–Trinajstić information content (AvgIpc) is 3.00. The van der Waals surface area contributed by atoms with Gasteiger partial charge in [0.1, 0.15) is 6.04 Å². The number of hydrogen-bond acceptors (Lipinski definition) is 4. The summed E-state index contributed by atoms with van der Waals surface area (Å²) in [5.41, 5.74) is -1.22. The summed E-state index contributed by atoms with van der Waals surface area (Å²) in [6.07, 6.45) is -1.54. The molecule has 144 valence electrons. The molecule has 1 aliphatic heterocycles. The highest BCUT2D eigenvalue weighted by Gasteiger charge is 2.52. The Morgan fingerprint density at radius 2 is 1.85 bits per heavy atom. The van der Waals surface area contributed by atoms with E-state index in [1.807, 2.05) is 0 Å². The smallest absolute Gasteiger partial charge is 0.417 e. The van der Waals surface area contributed by atoms with Gasteiger partial charge in [-0.1, -0.05) is 25.0 Å². The van der Waals surface area contributed by atoms with Gasteiger partial charge in [-0.3, -0.25) is 4.79 Å². The van der Waals surface area contributed by atoms with Gasteiger partial charge in [-0.25, -0.2) is 8.42 Å². The summed E-state index contributed by atoms with van der Waals surface area (Å²) >= 11 is 0. The standard InChI is InChI=1S/C17H20F3NO4S/c1-25-16(22)14-10-11-6-2-4-8-13(11)21(14)26(23,24)15-9-5-3-7-12(15)17(18,19)20/h3,5,7,9,11,13-14H,2,4,6,8,10H2,1H3/t11-,13+,14+/m1/s1. The van der Waals surface area contributed by atoms with Gasteiger partial charge >= 0.3 is 12.1 Å². The molecule has 3 rings (SSSR count). The topological polar surface area (TPSA) is 63.7 Å². The predicted molar refractivity (Wildman–Crippen MR) is 86.6 cm³/mol. The average molecular weight is 391 g/mol. The number of halogens is 3. The van der Waals surface area contributed by atoms with Crippen molar-refractivity contribution in [3.63, 3.8) is 0 Å². The molecule has 2 aliphatic rings. The second-order valence-electron chi connectivity index (χ2n) is 6.72. The van der Waals surface area contributed by atoms with Crippen LogP contribution < -0.4 is 0 Å². The first kappa shape index (κ1) is 19.2. The molecule has 0 aromatic heterocycles. The van der Waals surface area contributed by atoms with Gasteiger partial charge in [0.25, 0.3) is 0 Å². The van der Waals surface area contributed by atoms with Gasteiger partial charge in [0.05, 0.1) is 17.6 Å². The van der Waals surface area contributed by atoms with Gasteiger partial charge in [0, 0.05) is 6.04 Å². The van der Waals surface area contributed by atoms with Crippen LogP contribution in [0.25, 0.3) is 0 Å². The van der Waals surface area contributed by atoms with Gasteiger partial charge in [-0.2, -0.15) is 17.5 Å². The molecule has 0 unspecified atom stereocenters. The largest absolute Gasteiger partial charge is 0.468 e. The van der Waals surface area contributed by atoms with Crippen molar-refractivity contribution < 1.29 is 31.1 Å². The molecule has 0 amide bonds. The van der Waals surface area contributed by atoms with Crippen LogP contribution in [0.2, 0.25) is 0 Å². The first-order valence-electron chi connectivity index (χ1n) is 8.45. The SMILES string of the molecule is COC(=O)[C@@H]1C[C@H]2CCCC[C@@H]2N1S(=O)(=O)c1ccccc1C(F)(F)F. The van der Waals surface area contributed by atoms with Gasteiger partial charge in [0.15, 0.2) is 0 Å². The van der Waals surface area contributed by atoms with E-state index in [1.165, 1.54) is 6.07 Å². The zero-order valence-electron chi connectivity index (χ0n) is 14.2. The molecule has 26 heavy (non-hydrogen) atoms. The van der Waals surface area contributed by atoms with Crippen molar-refractivity contribution in [1.82, 2.24) is 4.31 Å². The highest BCUT2D eigenvalue weighted by atomic mass is 32.2. The summed E-state index contributed by atoms with van der Waals surface area (Å²) in [6.45, 7) is 0. The summed E-state index contributed by atoms with van der Waals surface area (Å²) < 4.78 is 72.2. The highest BCUT2D eigenvalue weighted by molar-refractivity contribution is 7.89. The number of fused-ring (bicyclic) bond motifs is 1. The zero-order valence-corrected chi connectivity index (χ0v) is 15.0. The van der Waals surface area contributed by atoms with Gasteiger partial charge in [-0.15, -0.1) is 0 Å². The van der Waals surface area contributed by atoms with Crippen LogP contribution in [-0.2, 0) is 25.7 Å². The second-order valence-corrected chi connectivity index (χ2v) is 8.53. The second kappa shape index (κ2) is 6.84. The Morgan fingerprint density at radius 1 is 1.19 bits per heavy atom. The molecule has 1 aromatic rings. The fourth-order valence-corrected chi connectivity index (χ4v) is 6.22. The zero-order chi connectivity index (χ0) is 19.1. The molecule has 3 atom stereocenters. The Bertz CT molecular complexity index is 793. The van der Waals surface area contributed by atoms with Crippen LogP contribution in [0.4, 0.5) is 13.2 Å². The van der Waals surface area contributed by atoms with Crippen LogP contribution in [0.15, 0.2) is 29.2 Å². The molecule has 1 aromatic carbocycles. The maximum absolute atomic E-state index is 13.3. The highest BCUT2D eigenvalue weighted by Crippen LogP contribution is 2.44. The Hall–Kier alpha value is -1.61. The Kier molecular flexibility index (Phi) is 5.04. The maximum atomic E-state index is 13.3. The van der Waals surface area contributed by atoms with E-state index in [9.17, 15) is 26.4 Å². The number of carbonyl (C=O) groups excluding carboxylic acids is 1. The van der Waals surface area contributed by atoms with Gasteiger partial charge < -0.3 is 4.74 Å². The number of rotatable bonds is 3. The van der Waals surface area contributed by atoms with E-state index < -0.39 is 44.7 Å². The number of nitrogens with zero attached hydrogens (tertiary/aromatic N) is 1. The van der Waals surface area contributed by atoms with Crippen molar-refractivity contribution in [3.8, 4) is 0 Å². The fourth-order valence-electron chi connectivity index (χ4n) is 4.14. The summed E-state index contributed by atoms with van der Waals surface area (Å²) in [6, 6.07) is 2.53. The van der Waals surface area contributed by atoms with E-state index in [1.54, 1.807) is 0 Å². The third-order valence-corrected chi connectivity index (χ3v) is 7.24. The van der Waals surface area contributed by atoms with E-state index >= 15 is 0 Å². The third-order valence-electron chi connectivity index (χ3n) is 5.25. The molecule has 5 nitrogen and oxygen atoms in total. The summed E-state index contributed by atoms with van der Waals surface area (Å²) in [5.74, 6) is -0.770.